The maximum atomic E-state index is 4.55. The molecule has 3 nitrogen and oxygen atoms in total. The van der Waals surface area contributed by atoms with Gasteiger partial charge in [-0.2, -0.15) is 0 Å². The van der Waals surface area contributed by atoms with Crippen molar-refractivity contribution in [2.24, 2.45) is 5.92 Å². The van der Waals surface area contributed by atoms with Crippen molar-refractivity contribution in [1.29, 1.82) is 0 Å². The summed E-state index contributed by atoms with van der Waals surface area (Å²) in [5.41, 5.74) is 1.23. The first-order valence-electron chi connectivity index (χ1n) is 7.11. The predicted molar refractivity (Wildman–Crippen MR) is 77.0 cm³/mol. The SMILES string of the molecule is CCNC(C)C1CCCN(c2ccc(C)cn2)C1. The van der Waals surface area contributed by atoms with Crippen LogP contribution in [-0.2, 0) is 0 Å². The van der Waals surface area contributed by atoms with Gasteiger partial charge in [-0.3, -0.25) is 0 Å². The number of aryl methyl sites for hydroxylation is 1. The van der Waals surface area contributed by atoms with Crippen LogP contribution in [0.1, 0.15) is 32.3 Å². The molecule has 2 unspecified atom stereocenters. The molecule has 0 spiro atoms. The summed E-state index contributed by atoms with van der Waals surface area (Å²) in [7, 11) is 0. The van der Waals surface area contributed by atoms with Crippen LogP contribution >= 0.6 is 0 Å². The highest BCUT2D eigenvalue weighted by atomic mass is 15.2. The van der Waals surface area contributed by atoms with Gasteiger partial charge in [-0.1, -0.05) is 13.0 Å². The van der Waals surface area contributed by atoms with Gasteiger partial charge >= 0.3 is 0 Å². The van der Waals surface area contributed by atoms with Gasteiger partial charge in [-0.15, -0.1) is 0 Å². The van der Waals surface area contributed by atoms with E-state index in [1.54, 1.807) is 0 Å². The van der Waals surface area contributed by atoms with Crippen LogP contribution in [0.2, 0.25) is 0 Å². The predicted octanol–water partition coefficient (Wildman–Crippen LogP) is 2.60. The summed E-state index contributed by atoms with van der Waals surface area (Å²) in [5.74, 6) is 1.87. The van der Waals surface area contributed by atoms with Crippen LogP contribution in [0.15, 0.2) is 18.3 Å². The third-order valence-corrected chi connectivity index (χ3v) is 3.91. The first-order chi connectivity index (χ1) is 8.70. The molecule has 0 bridgehead atoms. The number of nitrogens with one attached hydrogen (secondary N) is 1. The third kappa shape index (κ3) is 3.22. The maximum absolute atomic E-state index is 4.55. The second kappa shape index (κ2) is 6.19. The summed E-state index contributed by atoms with van der Waals surface area (Å²) >= 11 is 0. The smallest absolute Gasteiger partial charge is 0.128 e. The van der Waals surface area contributed by atoms with Crippen molar-refractivity contribution in [2.75, 3.05) is 24.5 Å². The molecule has 1 fully saturated rings. The monoisotopic (exact) mass is 247 g/mol. The Kier molecular flexibility index (Phi) is 4.59. The van der Waals surface area contributed by atoms with Gasteiger partial charge in [0.05, 0.1) is 0 Å². The zero-order chi connectivity index (χ0) is 13.0. The molecular formula is C15H25N3. The van der Waals surface area contributed by atoms with Crippen molar-refractivity contribution in [3.05, 3.63) is 23.9 Å². The van der Waals surface area contributed by atoms with E-state index < -0.39 is 0 Å². The minimum absolute atomic E-state index is 0.600. The number of hydrogen-bond acceptors (Lipinski definition) is 3. The first kappa shape index (κ1) is 13.3. The molecule has 1 N–H and O–H groups in total. The second-order valence-corrected chi connectivity index (χ2v) is 5.39. The van der Waals surface area contributed by atoms with Crippen LogP contribution in [-0.4, -0.2) is 30.7 Å². The lowest BCUT2D eigenvalue weighted by Crippen LogP contribution is -2.44. The molecule has 0 aliphatic carbocycles. The lowest BCUT2D eigenvalue weighted by molar-refractivity contribution is 0.323. The Morgan fingerprint density at radius 2 is 2.33 bits per heavy atom. The Morgan fingerprint density at radius 3 is 3.00 bits per heavy atom. The van der Waals surface area contributed by atoms with E-state index in [9.17, 15) is 0 Å². The number of aromatic nitrogens is 1. The van der Waals surface area contributed by atoms with Crippen molar-refractivity contribution in [1.82, 2.24) is 10.3 Å². The molecule has 1 aliphatic heterocycles. The number of anilines is 1. The summed E-state index contributed by atoms with van der Waals surface area (Å²) in [5, 5.41) is 3.55. The fourth-order valence-electron chi connectivity index (χ4n) is 2.76. The Hall–Kier alpha value is -1.09. The molecule has 1 saturated heterocycles. The summed E-state index contributed by atoms with van der Waals surface area (Å²) in [6.07, 6.45) is 4.57. The topological polar surface area (TPSA) is 28.2 Å². The van der Waals surface area contributed by atoms with Gasteiger partial charge in [0.15, 0.2) is 0 Å². The average Bonchev–Trinajstić information content (AvgIpc) is 2.40. The Labute approximate surface area is 111 Å². The number of rotatable bonds is 4. The maximum Gasteiger partial charge on any atom is 0.128 e. The van der Waals surface area contributed by atoms with Gasteiger partial charge in [-0.05, 0) is 50.8 Å². The quantitative estimate of drug-likeness (QED) is 0.886. The molecule has 1 aromatic rings. The van der Waals surface area contributed by atoms with E-state index in [2.05, 4.69) is 48.1 Å². The molecular weight excluding hydrogens is 222 g/mol. The number of nitrogens with zero attached hydrogens (tertiary/aromatic N) is 2. The van der Waals surface area contributed by atoms with E-state index in [1.807, 2.05) is 6.20 Å². The van der Waals surface area contributed by atoms with E-state index in [0.717, 1.165) is 31.4 Å². The fraction of sp³-hybridized carbons (Fsp3) is 0.667. The lowest BCUT2D eigenvalue weighted by atomic mass is 9.91. The minimum Gasteiger partial charge on any atom is -0.356 e. The van der Waals surface area contributed by atoms with Crippen LogP contribution in [0.5, 0.6) is 0 Å². The molecule has 3 heteroatoms. The molecule has 0 amide bonds. The van der Waals surface area contributed by atoms with Gasteiger partial charge in [0, 0.05) is 25.3 Å². The van der Waals surface area contributed by atoms with E-state index in [4.69, 9.17) is 0 Å². The zero-order valence-corrected chi connectivity index (χ0v) is 11.8. The van der Waals surface area contributed by atoms with E-state index in [-0.39, 0.29) is 0 Å². The molecule has 0 aromatic carbocycles. The summed E-state index contributed by atoms with van der Waals surface area (Å²) in [4.78, 5) is 6.98. The van der Waals surface area contributed by atoms with Crippen LogP contribution in [0, 0.1) is 12.8 Å². The third-order valence-electron chi connectivity index (χ3n) is 3.91. The fourth-order valence-corrected chi connectivity index (χ4v) is 2.76. The molecule has 0 radical (unpaired) electrons. The molecule has 18 heavy (non-hydrogen) atoms. The zero-order valence-electron chi connectivity index (χ0n) is 11.8. The van der Waals surface area contributed by atoms with E-state index in [0.29, 0.717) is 6.04 Å². The highest BCUT2D eigenvalue weighted by Crippen LogP contribution is 2.23. The molecule has 0 saturated carbocycles. The van der Waals surface area contributed by atoms with Gasteiger partial charge < -0.3 is 10.2 Å². The van der Waals surface area contributed by atoms with E-state index >= 15 is 0 Å². The van der Waals surface area contributed by atoms with Crippen LogP contribution < -0.4 is 10.2 Å². The standard InChI is InChI=1S/C15H25N3/c1-4-16-13(3)14-6-5-9-18(11-14)15-8-7-12(2)10-17-15/h7-8,10,13-14,16H,4-6,9,11H2,1-3H3. The van der Waals surface area contributed by atoms with Gasteiger partial charge in [0.2, 0.25) is 0 Å². The van der Waals surface area contributed by atoms with Crippen molar-refractivity contribution < 1.29 is 0 Å². The molecule has 2 rings (SSSR count). The largest absolute Gasteiger partial charge is 0.356 e. The van der Waals surface area contributed by atoms with Crippen molar-refractivity contribution in [2.45, 2.75) is 39.7 Å². The van der Waals surface area contributed by atoms with Gasteiger partial charge in [0.25, 0.3) is 0 Å². The first-order valence-corrected chi connectivity index (χ1v) is 7.11. The molecule has 100 valence electrons. The summed E-state index contributed by atoms with van der Waals surface area (Å²) in [6.45, 7) is 9.90. The highest BCUT2D eigenvalue weighted by Gasteiger charge is 2.24. The van der Waals surface area contributed by atoms with Crippen LogP contribution in [0.4, 0.5) is 5.82 Å². The molecule has 1 aliphatic rings. The molecule has 1 aromatic heterocycles. The second-order valence-electron chi connectivity index (χ2n) is 5.39. The van der Waals surface area contributed by atoms with E-state index in [1.165, 1.54) is 18.4 Å². The van der Waals surface area contributed by atoms with Gasteiger partial charge in [0.1, 0.15) is 5.82 Å². The van der Waals surface area contributed by atoms with Crippen molar-refractivity contribution in [3.8, 4) is 0 Å². The number of hydrogen-bond donors (Lipinski definition) is 1. The lowest BCUT2D eigenvalue weighted by Gasteiger charge is -2.36. The molecule has 2 heterocycles. The normalized spacial score (nSPS) is 21.9. The van der Waals surface area contributed by atoms with Crippen molar-refractivity contribution >= 4 is 5.82 Å². The summed E-state index contributed by atoms with van der Waals surface area (Å²) < 4.78 is 0. The Bertz CT molecular complexity index is 361. The average molecular weight is 247 g/mol. The number of pyridine rings is 1. The molecule has 2 atom stereocenters. The van der Waals surface area contributed by atoms with Gasteiger partial charge in [-0.25, -0.2) is 4.98 Å². The Balaban J connectivity index is 2.00. The highest BCUT2D eigenvalue weighted by molar-refractivity contribution is 5.39. The summed E-state index contributed by atoms with van der Waals surface area (Å²) in [6, 6.07) is 4.90. The van der Waals surface area contributed by atoms with Crippen molar-refractivity contribution in [3.63, 3.8) is 0 Å². The van der Waals surface area contributed by atoms with Crippen LogP contribution in [0.3, 0.4) is 0 Å². The minimum atomic E-state index is 0.600. The Morgan fingerprint density at radius 1 is 1.50 bits per heavy atom. The number of piperidine rings is 1. The van der Waals surface area contributed by atoms with Crippen LogP contribution in [0.25, 0.3) is 0 Å².